The van der Waals surface area contributed by atoms with Crippen molar-refractivity contribution in [3.05, 3.63) is 94.6 Å². The van der Waals surface area contributed by atoms with Crippen molar-refractivity contribution in [2.75, 3.05) is 5.73 Å². The molecule has 3 aromatic carbocycles. The molecule has 1 aliphatic rings. The van der Waals surface area contributed by atoms with Gasteiger partial charge < -0.3 is 10.8 Å². The molecular weight excluding hydrogens is 332 g/mol. The lowest BCUT2D eigenvalue weighted by molar-refractivity contribution is 0.469. The zero-order valence-electron chi connectivity index (χ0n) is 14.1. The van der Waals surface area contributed by atoms with Crippen LogP contribution in [-0.4, -0.2) is 5.11 Å². The molecule has 4 rings (SSSR count). The van der Waals surface area contributed by atoms with Crippen LogP contribution in [0.15, 0.2) is 60.7 Å². The molecule has 0 fully saturated rings. The lowest BCUT2D eigenvalue weighted by atomic mass is 9.69. The first kappa shape index (κ1) is 16.6. The molecule has 2 atom stereocenters. The molecule has 0 unspecified atom stereocenters. The molecule has 2 nitrogen and oxygen atoms in total. The van der Waals surface area contributed by atoms with Crippen molar-refractivity contribution < 1.29 is 13.9 Å². The van der Waals surface area contributed by atoms with E-state index in [0.717, 1.165) is 35.1 Å². The van der Waals surface area contributed by atoms with Gasteiger partial charge >= 0.3 is 0 Å². The lowest BCUT2D eigenvalue weighted by Crippen LogP contribution is -2.20. The minimum absolute atomic E-state index is 0.0834. The van der Waals surface area contributed by atoms with Crippen LogP contribution < -0.4 is 5.73 Å². The fraction of sp³-hybridized carbons (Fsp3) is 0.182. The molecule has 0 heterocycles. The molecule has 0 radical (unpaired) electrons. The Morgan fingerprint density at radius 2 is 1.62 bits per heavy atom. The van der Waals surface area contributed by atoms with Crippen molar-refractivity contribution in [2.45, 2.75) is 24.7 Å². The SMILES string of the molecule is Nc1ccc([C@@H]2c3ccc(O)cc3CC[C@@H]2c2ccc(F)cc2)cc1F. The number of nitrogens with two attached hydrogens (primary N) is 1. The van der Waals surface area contributed by atoms with E-state index in [1.54, 1.807) is 30.3 Å². The van der Waals surface area contributed by atoms with Gasteiger partial charge in [0.15, 0.2) is 0 Å². The zero-order valence-corrected chi connectivity index (χ0v) is 14.1. The molecule has 26 heavy (non-hydrogen) atoms. The van der Waals surface area contributed by atoms with Crippen molar-refractivity contribution in [2.24, 2.45) is 0 Å². The summed E-state index contributed by atoms with van der Waals surface area (Å²) >= 11 is 0. The van der Waals surface area contributed by atoms with Gasteiger partial charge in [-0.3, -0.25) is 0 Å². The number of hydrogen-bond donors (Lipinski definition) is 2. The first-order valence-electron chi connectivity index (χ1n) is 8.65. The van der Waals surface area contributed by atoms with Crippen molar-refractivity contribution >= 4 is 5.69 Å². The highest BCUT2D eigenvalue weighted by atomic mass is 19.1. The van der Waals surface area contributed by atoms with Crippen LogP contribution in [-0.2, 0) is 6.42 Å². The topological polar surface area (TPSA) is 46.2 Å². The minimum Gasteiger partial charge on any atom is -0.508 e. The zero-order chi connectivity index (χ0) is 18.3. The number of phenolic OH excluding ortho intramolecular Hbond substituents is 1. The number of anilines is 1. The van der Waals surface area contributed by atoms with E-state index < -0.39 is 5.82 Å². The minimum atomic E-state index is -0.439. The summed E-state index contributed by atoms with van der Waals surface area (Å²) in [6.45, 7) is 0. The molecule has 0 spiro atoms. The Kier molecular flexibility index (Phi) is 4.11. The van der Waals surface area contributed by atoms with Gasteiger partial charge in [0, 0.05) is 5.92 Å². The van der Waals surface area contributed by atoms with E-state index in [0.29, 0.717) is 0 Å². The maximum Gasteiger partial charge on any atom is 0.146 e. The third-order valence-corrected chi connectivity index (χ3v) is 5.27. The van der Waals surface area contributed by atoms with Crippen LogP contribution in [0.2, 0.25) is 0 Å². The van der Waals surface area contributed by atoms with E-state index in [2.05, 4.69) is 0 Å². The maximum absolute atomic E-state index is 14.1. The van der Waals surface area contributed by atoms with E-state index in [9.17, 15) is 13.9 Å². The molecular formula is C22H19F2NO. The highest BCUT2D eigenvalue weighted by Crippen LogP contribution is 2.47. The van der Waals surface area contributed by atoms with Crippen LogP contribution >= 0.6 is 0 Å². The normalized spacial score (nSPS) is 19.2. The fourth-order valence-electron chi connectivity index (χ4n) is 4.02. The number of aryl methyl sites for hydroxylation is 1. The average molecular weight is 351 g/mol. The maximum atomic E-state index is 14.1. The van der Waals surface area contributed by atoms with Gasteiger partial charge in [0.05, 0.1) is 5.69 Å². The number of phenols is 1. The molecule has 3 N–H and O–H groups in total. The second kappa shape index (κ2) is 6.45. The Labute approximate surface area is 150 Å². The highest BCUT2D eigenvalue weighted by Gasteiger charge is 2.32. The number of fused-ring (bicyclic) bond motifs is 1. The molecule has 0 amide bonds. The van der Waals surface area contributed by atoms with Gasteiger partial charge in [-0.05, 0) is 77.4 Å². The average Bonchev–Trinajstić information content (AvgIpc) is 2.64. The van der Waals surface area contributed by atoms with Gasteiger partial charge in [0.1, 0.15) is 17.4 Å². The Morgan fingerprint density at radius 1 is 0.885 bits per heavy atom. The van der Waals surface area contributed by atoms with Crippen molar-refractivity contribution in [1.82, 2.24) is 0 Å². The second-order valence-corrected chi connectivity index (χ2v) is 6.84. The summed E-state index contributed by atoms with van der Waals surface area (Å²) in [5, 5.41) is 9.82. The predicted molar refractivity (Wildman–Crippen MR) is 98.2 cm³/mol. The summed E-state index contributed by atoms with van der Waals surface area (Å²) in [5.41, 5.74) is 9.74. The quantitative estimate of drug-likeness (QED) is 0.630. The van der Waals surface area contributed by atoms with E-state index in [1.165, 1.54) is 18.2 Å². The molecule has 0 saturated carbocycles. The van der Waals surface area contributed by atoms with Crippen molar-refractivity contribution in [3.63, 3.8) is 0 Å². The van der Waals surface area contributed by atoms with E-state index in [4.69, 9.17) is 5.73 Å². The summed E-state index contributed by atoms with van der Waals surface area (Å²) in [4.78, 5) is 0. The Bertz CT molecular complexity index is 953. The number of rotatable bonds is 2. The third kappa shape index (κ3) is 2.92. The molecule has 3 aromatic rings. The summed E-state index contributed by atoms with van der Waals surface area (Å²) in [5.74, 6) is -0.474. The smallest absolute Gasteiger partial charge is 0.146 e. The van der Waals surface area contributed by atoms with Gasteiger partial charge in [-0.1, -0.05) is 24.3 Å². The number of nitrogen functional groups attached to an aromatic ring is 1. The van der Waals surface area contributed by atoms with Crippen LogP contribution in [0, 0.1) is 11.6 Å². The number of aromatic hydroxyl groups is 1. The standard InChI is InChI=1S/C22H19F2NO/c23-16-5-1-13(2-6-16)18-8-3-14-11-17(26)7-9-19(14)22(18)15-4-10-21(25)20(24)12-15/h1-2,4-7,9-12,18,22,26H,3,8,25H2/t18-,22+/m1/s1. The Balaban J connectivity index is 1.87. The molecule has 0 aliphatic heterocycles. The number of benzene rings is 3. The highest BCUT2D eigenvalue weighted by molar-refractivity contribution is 5.50. The summed E-state index contributed by atoms with van der Waals surface area (Å²) in [7, 11) is 0. The molecule has 0 bridgehead atoms. The van der Waals surface area contributed by atoms with E-state index >= 15 is 0 Å². The van der Waals surface area contributed by atoms with Crippen LogP contribution in [0.5, 0.6) is 5.75 Å². The third-order valence-electron chi connectivity index (χ3n) is 5.27. The van der Waals surface area contributed by atoms with Crippen LogP contribution in [0.3, 0.4) is 0 Å². The van der Waals surface area contributed by atoms with Crippen LogP contribution in [0.1, 0.15) is 40.5 Å². The summed E-state index contributed by atoms with van der Waals surface area (Å²) < 4.78 is 27.5. The van der Waals surface area contributed by atoms with Gasteiger partial charge in [0.25, 0.3) is 0 Å². The van der Waals surface area contributed by atoms with Gasteiger partial charge in [-0.15, -0.1) is 0 Å². The monoisotopic (exact) mass is 351 g/mol. The van der Waals surface area contributed by atoms with Crippen molar-refractivity contribution in [1.29, 1.82) is 0 Å². The largest absolute Gasteiger partial charge is 0.508 e. The van der Waals surface area contributed by atoms with Gasteiger partial charge in [-0.2, -0.15) is 0 Å². The predicted octanol–water partition coefficient (Wildman–Crippen LogP) is 5.11. The van der Waals surface area contributed by atoms with Gasteiger partial charge in [-0.25, -0.2) is 8.78 Å². The molecule has 132 valence electrons. The molecule has 1 aliphatic carbocycles. The summed E-state index contributed by atoms with van der Waals surface area (Å²) in [6.07, 6.45) is 1.64. The van der Waals surface area contributed by atoms with Gasteiger partial charge in [0.2, 0.25) is 0 Å². The molecule has 0 aromatic heterocycles. The Morgan fingerprint density at radius 3 is 2.35 bits per heavy atom. The van der Waals surface area contributed by atoms with Crippen LogP contribution in [0.25, 0.3) is 0 Å². The Hall–Kier alpha value is -2.88. The number of halogens is 2. The molecule has 0 saturated heterocycles. The van der Waals surface area contributed by atoms with E-state index in [1.807, 2.05) is 12.1 Å². The van der Waals surface area contributed by atoms with E-state index in [-0.39, 0.29) is 29.1 Å². The molecule has 4 heteroatoms. The summed E-state index contributed by atoms with van der Waals surface area (Å²) in [6, 6.07) is 16.8. The van der Waals surface area contributed by atoms with Crippen LogP contribution in [0.4, 0.5) is 14.5 Å². The first-order chi connectivity index (χ1) is 12.5. The first-order valence-corrected chi connectivity index (χ1v) is 8.65. The van der Waals surface area contributed by atoms with Crippen molar-refractivity contribution in [3.8, 4) is 5.75 Å². The fourth-order valence-corrected chi connectivity index (χ4v) is 4.02. The second-order valence-electron chi connectivity index (χ2n) is 6.84. The lowest BCUT2D eigenvalue weighted by Gasteiger charge is -2.35. The number of hydrogen-bond acceptors (Lipinski definition) is 2.